The van der Waals surface area contributed by atoms with Crippen LogP contribution >= 0.6 is 0 Å². The zero-order valence-corrected chi connectivity index (χ0v) is 14.7. The minimum absolute atomic E-state index is 0.0931. The summed E-state index contributed by atoms with van der Waals surface area (Å²) >= 11 is 0. The molecule has 0 N–H and O–H groups in total. The van der Waals surface area contributed by atoms with Crippen molar-refractivity contribution in [2.24, 2.45) is 0 Å². The van der Waals surface area contributed by atoms with Gasteiger partial charge in [-0.3, -0.25) is 4.79 Å². The van der Waals surface area contributed by atoms with E-state index in [0.717, 1.165) is 28.2 Å². The second kappa shape index (κ2) is 6.89. The molecule has 0 fully saturated rings. The molecule has 0 amide bonds. The summed E-state index contributed by atoms with van der Waals surface area (Å²) in [5.41, 5.74) is 4.62. The van der Waals surface area contributed by atoms with Crippen molar-refractivity contribution in [3.8, 4) is 0 Å². The molecule has 0 aromatic heterocycles. The van der Waals surface area contributed by atoms with E-state index in [4.69, 9.17) is 0 Å². The minimum atomic E-state index is 0.0931. The Morgan fingerprint density at radius 2 is 1.46 bits per heavy atom. The highest BCUT2D eigenvalue weighted by atomic mass is 16.1. The first-order chi connectivity index (χ1) is 12.7. The maximum absolute atomic E-state index is 13.0. The molecule has 26 heavy (non-hydrogen) atoms. The van der Waals surface area contributed by atoms with Crippen molar-refractivity contribution in [2.75, 3.05) is 23.4 Å². The van der Waals surface area contributed by atoms with E-state index in [0.29, 0.717) is 6.54 Å². The number of Topliss-reactive ketones (excluding diaryl/α,β-unsaturated/α-hetero) is 1. The van der Waals surface area contributed by atoms with Gasteiger partial charge in [-0.1, -0.05) is 48.5 Å². The van der Waals surface area contributed by atoms with Crippen LogP contribution in [0.3, 0.4) is 0 Å². The summed E-state index contributed by atoms with van der Waals surface area (Å²) in [5.74, 6) is 0.0931. The van der Waals surface area contributed by atoms with Gasteiger partial charge in [0.2, 0.25) is 0 Å². The van der Waals surface area contributed by atoms with Crippen LogP contribution in [0.2, 0.25) is 0 Å². The van der Waals surface area contributed by atoms with E-state index in [1.807, 2.05) is 90.9 Å². The van der Waals surface area contributed by atoms with E-state index in [1.54, 1.807) is 0 Å². The van der Waals surface area contributed by atoms with Crippen molar-refractivity contribution in [3.05, 3.63) is 102 Å². The molecular weight excluding hydrogens is 320 g/mol. The summed E-state index contributed by atoms with van der Waals surface area (Å²) in [6.45, 7) is 0.553. The summed E-state index contributed by atoms with van der Waals surface area (Å²) < 4.78 is 0. The molecule has 1 heterocycles. The number of para-hydroxylation sites is 3. The maximum atomic E-state index is 13.0. The lowest BCUT2D eigenvalue weighted by molar-refractivity contribution is 0.103. The van der Waals surface area contributed by atoms with Gasteiger partial charge in [0.15, 0.2) is 5.78 Å². The highest BCUT2D eigenvalue weighted by Crippen LogP contribution is 2.35. The molecule has 4 rings (SSSR count). The van der Waals surface area contributed by atoms with E-state index < -0.39 is 0 Å². The van der Waals surface area contributed by atoms with Crippen molar-refractivity contribution in [2.45, 2.75) is 0 Å². The molecule has 3 heteroatoms. The molecule has 1 aliphatic heterocycles. The molecule has 0 saturated heterocycles. The van der Waals surface area contributed by atoms with Crippen molar-refractivity contribution >= 4 is 22.8 Å². The van der Waals surface area contributed by atoms with Gasteiger partial charge in [0, 0.05) is 35.8 Å². The SMILES string of the molecule is CN(/C=C1\CN(c2ccccc2)c2ccccc2C1=O)c1ccccc1. The predicted molar refractivity (Wildman–Crippen MR) is 107 cm³/mol. The number of hydrogen-bond donors (Lipinski definition) is 0. The van der Waals surface area contributed by atoms with Crippen LogP contribution in [0, 0.1) is 0 Å². The topological polar surface area (TPSA) is 23.6 Å². The van der Waals surface area contributed by atoms with Crippen LogP contribution in [0.1, 0.15) is 10.4 Å². The Morgan fingerprint density at radius 3 is 2.19 bits per heavy atom. The number of hydrogen-bond acceptors (Lipinski definition) is 3. The first kappa shape index (κ1) is 16.2. The highest BCUT2D eigenvalue weighted by Gasteiger charge is 2.28. The normalized spacial score (nSPS) is 15.0. The van der Waals surface area contributed by atoms with E-state index in [9.17, 15) is 4.79 Å². The van der Waals surface area contributed by atoms with Crippen LogP contribution in [0.5, 0.6) is 0 Å². The smallest absolute Gasteiger partial charge is 0.194 e. The number of anilines is 3. The molecule has 1 aliphatic rings. The molecular formula is C23H20N2O. The Bertz CT molecular complexity index is 948. The average Bonchev–Trinajstić information content (AvgIpc) is 2.71. The lowest BCUT2D eigenvalue weighted by atomic mass is 9.95. The van der Waals surface area contributed by atoms with Gasteiger partial charge in [-0.15, -0.1) is 0 Å². The van der Waals surface area contributed by atoms with E-state index in [-0.39, 0.29) is 5.78 Å². The summed E-state index contributed by atoms with van der Waals surface area (Å²) in [5, 5.41) is 0. The Labute approximate surface area is 153 Å². The highest BCUT2D eigenvalue weighted by molar-refractivity contribution is 6.15. The number of fused-ring (bicyclic) bond motifs is 1. The van der Waals surface area contributed by atoms with Gasteiger partial charge in [-0.2, -0.15) is 0 Å². The quantitative estimate of drug-likeness (QED) is 0.624. The molecule has 0 atom stereocenters. The first-order valence-electron chi connectivity index (χ1n) is 8.69. The second-order valence-corrected chi connectivity index (χ2v) is 6.37. The third-order valence-electron chi connectivity index (χ3n) is 4.64. The number of carbonyl (C=O) groups excluding carboxylic acids is 1. The number of carbonyl (C=O) groups is 1. The second-order valence-electron chi connectivity index (χ2n) is 6.37. The average molecular weight is 340 g/mol. The molecule has 0 spiro atoms. The maximum Gasteiger partial charge on any atom is 0.194 e. The van der Waals surface area contributed by atoms with Crippen LogP contribution in [-0.2, 0) is 0 Å². The summed E-state index contributed by atoms with van der Waals surface area (Å²) in [4.78, 5) is 17.2. The van der Waals surface area contributed by atoms with Crippen LogP contribution in [0.25, 0.3) is 0 Å². The van der Waals surface area contributed by atoms with Crippen molar-refractivity contribution in [1.29, 1.82) is 0 Å². The van der Waals surface area contributed by atoms with Gasteiger partial charge >= 0.3 is 0 Å². The lowest BCUT2D eigenvalue weighted by Gasteiger charge is -2.32. The molecule has 0 saturated carbocycles. The largest absolute Gasteiger partial charge is 0.351 e. The zero-order chi connectivity index (χ0) is 17.9. The number of benzene rings is 3. The molecule has 3 nitrogen and oxygen atoms in total. The van der Waals surface area contributed by atoms with Crippen molar-refractivity contribution < 1.29 is 4.79 Å². The van der Waals surface area contributed by atoms with Crippen LogP contribution in [0.4, 0.5) is 17.1 Å². The minimum Gasteiger partial charge on any atom is -0.351 e. The standard InChI is InChI=1S/C23H20N2O/c1-24(19-10-4-2-5-11-19)16-18-17-25(20-12-6-3-7-13-20)22-15-9-8-14-21(22)23(18)26/h2-16H,17H2,1H3/b18-16+. The van der Waals surface area contributed by atoms with E-state index in [1.165, 1.54) is 0 Å². The van der Waals surface area contributed by atoms with Crippen molar-refractivity contribution in [3.63, 3.8) is 0 Å². The monoisotopic (exact) mass is 340 g/mol. The Balaban J connectivity index is 1.76. The van der Waals surface area contributed by atoms with Gasteiger partial charge in [-0.05, 0) is 36.4 Å². The van der Waals surface area contributed by atoms with E-state index >= 15 is 0 Å². The number of ketones is 1. The van der Waals surface area contributed by atoms with Gasteiger partial charge in [-0.25, -0.2) is 0 Å². The Hall–Kier alpha value is -3.33. The predicted octanol–water partition coefficient (Wildman–Crippen LogP) is 5.04. The van der Waals surface area contributed by atoms with Gasteiger partial charge in [0.1, 0.15) is 0 Å². The molecule has 128 valence electrons. The van der Waals surface area contributed by atoms with Crippen LogP contribution in [0.15, 0.2) is 96.7 Å². The molecule has 0 bridgehead atoms. The number of rotatable bonds is 3. The molecule has 0 unspecified atom stereocenters. The summed E-state index contributed by atoms with van der Waals surface area (Å²) in [6.07, 6.45) is 1.95. The van der Waals surface area contributed by atoms with Gasteiger partial charge in [0.05, 0.1) is 12.2 Å². The fourth-order valence-electron chi connectivity index (χ4n) is 3.31. The van der Waals surface area contributed by atoms with Crippen molar-refractivity contribution in [1.82, 2.24) is 0 Å². The van der Waals surface area contributed by atoms with Gasteiger partial charge in [0.25, 0.3) is 0 Å². The molecule has 3 aromatic rings. The first-order valence-corrected chi connectivity index (χ1v) is 8.69. The molecule has 0 aliphatic carbocycles. The Morgan fingerprint density at radius 1 is 0.846 bits per heavy atom. The number of nitrogens with zero attached hydrogens (tertiary/aromatic N) is 2. The Kier molecular flexibility index (Phi) is 4.28. The van der Waals surface area contributed by atoms with Crippen LogP contribution < -0.4 is 9.80 Å². The zero-order valence-electron chi connectivity index (χ0n) is 14.7. The third kappa shape index (κ3) is 3.00. The third-order valence-corrected chi connectivity index (χ3v) is 4.64. The molecule has 0 radical (unpaired) electrons. The molecule has 3 aromatic carbocycles. The summed E-state index contributed by atoms with van der Waals surface area (Å²) in [7, 11) is 1.98. The lowest BCUT2D eigenvalue weighted by Crippen LogP contribution is -2.31. The van der Waals surface area contributed by atoms with E-state index in [2.05, 4.69) is 17.0 Å². The fourth-order valence-corrected chi connectivity index (χ4v) is 3.31. The van der Waals surface area contributed by atoms with Gasteiger partial charge < -0.3 is 9.80 Å². The fraction of sp³-hybridized carbons (Fsp3) is 0.0870. The van der Waals surface area contributed by atoms with Crippen LogP contribution in [-0.4, -0.2) is 19.4 Å². The summed E-state index contributed by atoms with van der Waals surface area (Å²) in [6, 6.07) is 28.1.